The topological polar surface area (TPSA) is 63.1 Å². The van der Waals surface area contributed by atoms with Crippen molar-refractivity contribution in [3.63, 3.8) is 0 Å². The first-order chi connectivity index (χ1) is 10.4. The van der Waals surface area contributed by atoms with E-state index in [4.69, 9.17) is 0 Å². The molecule has 1 amide bonds. The molecule has 7 heteroatoms. The predicted octanol–water partition coefficient (Wildman–Crippen LogP) is 2.44. The fraction of sp³-hybridized carbons (Fsp3) is 0.812. The molecule has 0 atom stereocenters. The van der Waals surface area contributed by atoms with Gasteiger partial charge in [0.05, 0.1) is 11.7 Å². The highest BCUT2D eigenvalue weighted by Gasteiger charge is 2.27. The Labute approximate surface area is 145 Å². The summed E-state index contributed by atoms with van der Waals surface area (Å²) >= 11 is 0. The van der Waals surface area contributed by atoms with Crippen LogP contribution >= 0.6 is 12.4 Å². The molecule has 0 aromatic carbocycles. The van der Waals surface area contributed by atoms with E-state index in [-0.39, 0.29) is 24.4 Å². The summed E-state index contributed by atoms with van der Waals surface area (Å²) < 4.78 is 1.95. The number of aromatic nitrogens is 3. The second-order valence-electron chi connectivity index (χ2n) is 6.89. The summed E-state index contributed by atoms with van der Waals surface area (Å²) in [5.41, 5.74) is 1.40. The lowest BCUT2D eigenvalue weighted by Gasteiger charge is -2.28. The summed E-state index contributed by atoms with van der Waals surface area (Å²) in [5.74, 6) is 0.438. The second kappa shape index (κ2) is 8.64. The van der Waals surface area contributed by atoms with Crippen LogP contribution in [0.2, 0.25) is 0 Å². The molecule has 0 bridgehead atoms. The first kappa shape index (κ1) is 19.9. The van der Waals surface area contributed by atoms with Crippen molar-refractivity contribution in [3.8, 4) is 0 Å². The van der Waals surface area contributed by atoms with E-state index in [0.717, 1.165) is 38.2 Å². The molecular weight excluding hydrogens is 314 g/mol. The maximum atomic E-state index is 12.8. The van der Waals surface area contributed by atoms with Crippen molar-refractivity contribution >= 4 is 18.3 Å². The van der Waals surface area contributed by atoms with Crippen molar-refractivity contribution in [1.82, 2.24) is 25.2 Å². The van der Waals surface area contributed by atoms with Crippen LogP contribution < -0.4 is 5.32 Å². The number of carbonyl (C=O) groups is 1. The zero-order valence-corrected chi connectivity index (χ0v) is 15.7. The number of hydrogen-bond donors (Lipinski definition) is 1. The maximum absolute atomic E-state index is 12.8. The van der Waals surface area contributed by atoms with Crippen LogP contribution in [0.4, 0.5) is 0 Å². The Bertz CT molecular complexity index is 509. The summed E-state index contributed by atoms with van der Waals surface area (Å²) in [6.45, 7) is 13.1. The number of carbonyl (C=O) groups excluding carboxylic acids is 1. The summed E-state index contributed by atoms with van der Waals surface area (Å²) in [6.07, 6.45) is 2.08. The average molecular weight is 344 g/mol. The molecule has 2 heterocycles. The predicted molar refractivity (Wildman–Crippen MR) is 94.2 cm³/mol. The van der Waals surface area contributed by atoms with E-state index in [1.807, 2.05) is 30.4 Å². The molecule has 0 radical (unpaired) electrons. The molecule has 0 spiro atoms. The molecule has 1 aromatic rings. The molecule has 1 fully saturated rings. The zero-order chi connectivity index (χ0) is 16.3. The molecule has 2 rings (SSSR count). The van der Waals surface area contributed by atoms with Crippen molar-refractivity contribution in [2.24, 2.45) is 5.92 Å². The first-order valence-corrected chi connectivity index (χ1v) is 8.35. The normalized spacial score (nSPS) is 15.8. The molecule has 132 valence electrons. The fourth-order valence-electron chi connectivity index (χ4n) is 2.99. The molecule has 1 aliphatic heterocycles. The second-order valence-corrected chi connectivity index (χ2v) is 6.89. The Morgan fingerprint density at radius 1 is 1.30 bits per heavy atom. The number of piperidine rings is 1. The monoisotopic (exact) mass is 343 g/mol. The van der Waals surface area contributed by atoms with E-state index in [9.17, 15) is 4.79 Å². The van der Waals surface area contributed by atoms with Gasteiger partial charge in [-0.05, 0) is 52.6 Å². The van der Waals surface area contributed by atoms with Crippen LogP contribution in [0.1, 0.15) is 62.8 Å². The lowest BCUT2D eigenvalue weighted by atomic mass is 10.1. The molecule has 6 nitrogen and oxygen atoms in total. The van der Waals surface area contributed by atoms with Gasteiger partial charge in [0.25, 0.3) is 5.91 Å². The quantitative estimate of drug-likeness (QED) is 0.892. The third-order valence-electron chi connectivity index (χ3n) is 4.23. The van der Waals surface area contributed by atoms with Gasteiger partial charge < -0.3 is 10.2 Å². The molecular formula is C16H30ClN5O. The third-order valence-corrected chi connectivity index (χ3v) is 4.23. The van der Waals surface area contributed by atoms with Crippen molar-refractivity contribution in [3.05, 3.63) is 11.4 Å². The molecule has 1 aromatic heterocycles. The van der Waals surface area contributed by atoms with Gasteiger partial charge in [0, 0.05) is 12.6 Å². The van der Waals surface area contributed by atoms with E-state index < -0.39 is 0 Å². The van der Waals surface area contributed by atoms with Gasteiger partial charge in [0.1, 0.15) is 0 Å². The van der Waals surface area contributed by atoms with Gasteiger partial charge in [-0.25, -0.2) is 4.68 Å². The summed E-state index contributed by atoms with van der Waals surface area (Å²) in [6, 6.07) is 0.520. The largest absolute Gasteiger partial charge is 0.335 e. The van der Waals surface area contributed by atoms with Crippen LogP contribution in [0.5, 0.6) is 0 Å². The van der Waals surface area contributed by atoms with Crippen LogP contribution in [0.3, 0.4) is 0 Å². The SMILES string of the molecule is Cc1c(C(=O)N(CC(C)C)C(C)C)nnn1C1CCNCC1.Cl. The number of halogens is 1. The molecule has 0 unspecified atom stereocenters. The summed E-state index contributed by atoms with van der Waals surface area (Å²) in [5, 5.41) is 11.8. The Kier molecular flexibility index (Phi) is 7.48. The fourth-order valence-corrected chi connectivity index (χ4v) is 2.99. The van der Waals surface area contributed by atoms with E-state index >= 15 is 0 Å². The number of nitrogens with zero attached hydrogens (tertiary/aromatic N) is 4. The number of amides is 1. The van der Waals surface area contributed by atoms with Gasteiger partial charge in [-0.1, -0.05) is 19.1 Å². The standard InChI is InChI=1S/C16H29N5O.ClH/c1-11(2)10-20(12(3)4)16(22)15-13(5)21(19-18-15)14-6-8-17-9-7-14;/h11-12,14,17H,6-10H2,1-5H3;1H. The summed E-state index contributed by atoms with van der Waals surface area (Å²) in [4.78, 5) is 14.7. The van der Waals surface area contributed by atoms with Crippen LogP contribution in [0.15, 0.2) is 0 Å². The molecule has 1 saturated heterocycles. The minimum absolute atomic E-state index is 0. The van der Waals surface area contributed by atoms with E-state index in [2.05, 4.69) is 29.5 Å². The zero-order valence-electron chi connectivity index (χ0n) is 14.9. The van der Waals surface area contributed by atoms with Gasteiger partial charge in [-0.15, -0.1) is 17.5 Å². The van der Waals surface area contributed by atoms with Gasteiger partial charge in [-0.3, -0.25) is 4.79 Å². The Morgan fingerprint density at radius 3 is 2.43 bits per heavy atom. The number of nitrogens with one attached hydrogen (secondary N) is 1. The van der Waals surface area contributed by atoms with Crippen molar-refractivity contribution < 1.29 is 4.79 Å². The minimum atomic E-state index is 0. The Hall–Kier alpha value is -1.14. The van der Waals surface area contributed by atoms with E-state index in [0.29, 0.717) is 17.7 Å². The van der Waals surface area contributed by atoms with E-state index in [1.165, 1.54) is 0 Å². The Balaban J connectivity index is 0.00000264. The molecule has 0 aliphatic carbocycles. The van der Waals surface area contributed by atoms with Gasteiger partial charge >= 0.3 is 0 Å². The van der Waals surface area contributed by atoms with Crippen molar-refractivity contribution in [2.75, 3.05) is 19.6 Å². The smallest absolute Gasteiger partial charge is 0.276 e. The number of rotatable bonds is 5. The number of hydrogen-bond acceptors (Lipinski definition) is 4. The molecule has 1 aliphatic rings. The highest BCUT2D eigenvalue weighted by Crippen LogP contribution is 2.21. The molecule has 1 N–H and O–H groups in total. The van der Waals surface area contributed by atoms with Crippen LogP contribution in [0.25, 0.3) is 0 Å². The lowest BCUT2D eigenvalue weighted by Crippen LogP contribution is -2.40. The van der Waals surface area contributed by atoms with Gasteiger partial charge in [0.15, 0.2) is 5.69 Å². The summed E-state index contributed by atoms with van der Waals surface area (Å²) in [7, 11) is 0. The first-order valence-electron chi connectivity index (χ1n) is 8.35. The maximum Gasteiger partial charge on any atom is 0.276 e. The van der Waals surface area contributed by atoms with Crippen LogP contribution in [0, 0.1) is 12.8 Å². The van der Waals surface area contributed by atoms with Crippen molar-refractivity contribution in [2.45, 2.75) is 59.5 Å². The van der Waals surface area contributed by atoms with Gasteiger partial charge in [-0.2, -0.15) is 0 Å². The van der Waals surface area contributed by atoms with Crippen LogP contribution in [-0.2, 0) is 0 Å². The highest BCUT2D eigenvalue weighted by molar-refractivity contribution is 5.93. The minimum Gasteiger partial charge on any atom is -0.335 e. The molecule has 23 heavy (non-hydrogen) atoms. The van der Waals surface area contributed by atoms with E-state index in [1.54, 1.807) is 0 Å². The third kappa shape index (κ3) is 4.67. The van der Waals surface area contributed by atoms with Crippen molar-refractivity contribution in [1.29, 1.82) is 0 Å². The highest BCUT2D eigenvalue weighted by atomic mass is 35.5. The lowest BCUT2D eigenvalue weighted by molar-refractivity contribution is 0.0675. The average Bonchev–Trinajstić information content (AvgIpc) is 2.86. The van der Waals surface area contributed by atoms with Crippen LogP contribution in [-0.4, -0.2) is 51.5 Å². The molecule has 0 saturated carbocycles. The Morgan fingerprint density at radius 2 is 1.91 bits per heavy atom. The van der Waals surface area contributed by atoms with Gasteiger partial charge in [0.2, 0.25) is 0 Å².